The molecule has 2 N–H and O–H groups in total. The van der Waals surface area contributed by atoms with E-state index in [2.05, 4.69) is 37.0 Å². The van der Waals surface area contributed by atoms with Crippen LogP contribution in [0.4, 0.5) is 0 Å². The van der Waals surface area contributed by atoms with E-state index in [1.54, 1.807) is 6.20 Å². The second-order valence-electron chi connectivity index (χ2n) is 5.50. The number of hydrogen-bond donors (Lipinski definition) is 1. The quantitative estimate of drug-likeness (QED) is 0.899. The van der Waals surface area contributed by atoms with Gasteiger partial charge < -0.3 is 10.5 Å². The monoisotopic (exact) mass is 270 g/mol. The molecule has 1 aromatic carbocycles. The Labute approximate surface area is 120 Å². The zero-order valence-corrected chi connectivity index (χ0v) is 12.6. The molecule has 0 saturated heterocycles. The van der Waals surface area contributed by atoms with E-state index in [0.29, 0.717) is 11.8 Å². The molecule has 1 heterocycles. The first-order valence-corrected chi connectivity index (χ1v) is 6.97. The molecule has 0 aliphatic rings. The molecule has 20 heavy (non-hydrogen) atoms. The highest BCUT2D eigenvalue weighted by Crippen LogP contribution is 2.28. The van der Waals surface area contributed by atoms with E-state index in [4.69, 9.17) is 10.5 Å². The molecular weight excluding hydrogens is 248 g/mol. The largest absolute Gasteiger partial charge is 0.439 e. The van der Waals surface area contributed by atoms with Gasteiger partial charge in [-0.2, -0.15) is 0 Å². The predicted molar refractivity (Wildman–Crippen MR) is 82.2 cm³/mol. The fourth-order valence-electron chi connectivity index (χ4n) is 1.96. The third-order valence-electron chi connectivity index (χ3n) is 3.38. The topological polar surface area (TPSA) is 48.1 Å². The molecule has 0 spiro atoms. The minimum atomic E-state index is -0.0246. The van der Waals surface area contributed by atoms with E-state index in [-0.39, 0.29) is 6.04 Å². The Morgan fingerprint density at radius 3 is 2.45 bits per heavy atom. The van der Waals surface area contributed by atoms with Crippen LogP contribution in [-0.4, -0.2) is 4.98 Å². The van der Waals surface area contributed by atoms with Crippen LogP contribution in [0.25, 0.3) is 0 Å². The standard InChI is InChI=1S/C17H22N2O/c1-11(2)14-6-5-12(3)16(9-14)20-17-10-15(13(4)18)7-8-19-17/h5-11,13H,18H2,1-4H3/t13-/m0/s1. The van der Waals surface area contributed by atoms with Crippen molar-refractivity contribution in [2.45, 2.75) is 39.7 Å². The highest BCUT2D eigenvalue weighted by Gasteiger charge is 2.08. The van der Waals surface area contributed by atoms with Crippen LogP contribution in [0.5, 0.6) is 11.6 Å². The van der Waals surface area contributed by atoms with Crippen molar-refractivity contribution in [3.8, 4) is 11.6 Å². The molecule has 106 valence electrons. The van der Waals surface area contributed by atoms with Crippen LogP contribution in [0.1, 0.15) is 49.4 Å². The summed E-state index contributed by atoms with van der Waals surface area (Å²) in [7, 11) is 0. The summed E-state index contributed by atoms with van der Waals surface area (Å²) in [6.45, 7) is 8.32. The highest BCUT2D eigenvalue weighted by molar-refractivity contribution is 5.40. The number of nitrogens with two attached hydrogens (primary N) is 1. The van der Waals surface area contributed by atoms with E-state index in [0.717, 1.165) is 16.9 Å². The lowest BCUT2D eigenvalue weighted by Crippen LogP contribution is -2.05. The summed E-state index contributed by atoms with van der Waals surface area (Å²) >= 11 is 0. The van der Waals surface area contributed by atoms with Gasteiger partial charge in [-0.1, -0.05) is 26.0 Å². The molecule has 0 amide bonds. The predicted octanol–water partition coefficient (Wildman–Crippen LogP) is 4.33. The van der Waals surface area contributed by atoms with Gasteiger partial charge in [0.05, 0.1) is 0 Å². The van der Waals surface area contributed by atoms with Gasteiger partial charge in [-0.15, -0.1) is 0 Å². The second kappa shape index (κ2) is 6.06. The Bertz CT molecular complexity index is 591. The number of aryl methyl sites for hydroxylation is 1. The zero-order valence-electron chi connectivity index (χ0n) is 12.6. The first kappa shape index (κ1) is 14.5. The van der Waals surface area contributed by atoms with Crippen LogP contribution >= 0.6 is 0 Å². The van der Waals surface area contributed by atoms with Gasteiger partial charge in [0.15, 0.2) is 0 Å². The molecule has 2 aromatic rings. The van der Waals surface area contributed by atoms with Crippen molar-refractivity contribution in [2.24, 2.45) is 5.73 Å². The highest BCUT2D eigenvalue weighted by atomic mass is 16.5. The van der Waals surface area contributed by atoms with Gasteiger partial charge in [-0.25, -0.2) is 4.98 Å². The minimum absolute atomic E-state index is 0.0246. The Kier molecular flexibility index (Phi) is 4.40. The van der Waals surface area contributed by atoms with Gasteiger partial charge in [0, 0.05) is 18.3 Å². The average Bonchev–Trinajstić information content (AvgIpc) is 2.41. The van der Waals surface area contributed by atoms with Gasteiger partial charge in [-0.3, -0.25) is 0 Å². The summed E-state index contributed by atoms with van der Waals surface area (Å²) in [5, 5.41) is 0. The van der Waals surface area contributed by atoms with Crippen molar-refractivity contribution in [2.75, 3.05) is 0 Å². The fraction of sp³-hybridized carbons (Fsp3) is 0.353. The SMILES string of the molecule is Cc1ccc(C(C)C)cc1Oc1cc([C@H](C)N)ccn1. The Morgan fingerprint density at radius 2 is 1.80 bits per heavy atom. The van der Waals surface area contributed by atoms with Gasteiger partial charge in [0.1, 0.15) is 5.75 Å². The molecule has 0 aliphatic carbocycles. The molecule has 3 heteroatoms. The summed E-state index contributed by atoms with van der Waals surface area (Å²) in [6.07, 6.45) is 1.73. The molecular formula is C17H22N2O. The third kappa shape index (κ3) is 3.36. The normalized spacial score (nSPS) is 12.5. The van der Waals surface area contributed by atoms with Gasteiger partial charge in [0.2, 0.25) is 5.88 Å². The van der Waals surface area contributed by atoms with Crippen molar-refractivity contribution in [1.29, 1.82) is 0 Å². The van der Waals surface area contributed by atoms with Crippen LogP contribution < -0.4 is 10.5 Å². The molecule has 0 radical (unpaired) electrons. The molecule has 0 unspecified atom stereocenters. The summed E-state index contributed by atoms with van der Waals surface area (Å²) in [5.74, 6) is 1.91. The van der Waals surface area contributed by atoms with E-state index in [1.165, 1.54) is 5.56 Å². The van der Waals surface area contributed by atoms with E-state index in [9.17, 15) is 0 Å². The maximum atomic E-state index is 5.92. The lowest BCUT2D eigenvalue weighted by Gasteiger charge is -2.13. The zero-order chi connectivity index (χ0) is 14.7. The number of nitrogens with zero attached hydrogens (tertiary/aromatic N) is 1. The maximum Gasteiger partial charge on any atom is 0.219 e. The lowest BCUT2D eigenvalue weighted by molar-refractivity contribution is 0.457. The van der Waals surface area contributed by atoms with Crippen molar-refractivity contribution in [3.05, 3.63) is 53.2 Å². The first-order chi connectivity index (χ1) is 9.47. The molecule has 0 fully saturated rings. The maximum absolute atomic E-state index is 5.92. The second-order valence-corrected chi connectivity index (χ2v) is 5.50. The summed E-state index contributed by atoms with van der Waals surface area (Å²) in [6, 6.07) is 10.1. The third-order valence-corrected chi connectivity index (χ3v) is 3.38. The number of pyridine rings is 1. The Hall–Kier alpha value is -1.87. The molecule has 0 bridgehead atoms. The number of aromatic nitrogens is 1. The number of ether oxygens (including phenoxy) is 1. The molecule has 3 nitrogen and oxygen atoms in total. The molecule has 0 saturated carbocycles. The molecule has 1 atom stereocenters. The van der Waals surface area contributed by atoms with Crippen molar-refractivity contribution in [3.63, 3.8) is 0 Å². The van der Waals surface area contributed by atoms with Crippen molar-refractivity contribution >= 4 is 0 Å². The smallest absolute Gasteiger partial charge is 0.219 e. The summed E-state index contributed by atoms with van der Waals surface area (Å²) < 4.78 is 5.92. The minimum Gasteiger partial charge on any atom is -0.439 e. The Morgan fingerprint density at radius 1 is 1.05 bits per heavy atom. The molecule has 1 aromatic heterocycles. The van der Waals surface area contributed by atoms with Crippen molar-refractivity contribution in [1.82, 2.24) is 4.98 Å². The van der Waals surface area contributed by atoms with E-state index in [1.807, 2.05) is 26.0 Å². The molecule has 2 rings (SSSR count). The van der Waals surface area contributed by atoms with Crippen LogP contribution in [0.2, 0.25) is 0 Å². The van der Waals surface area contributed by atoms with Gasteiger partial charge >= 0.3 is 0 Å². The van der Waals surface area contributed by atoms with E-state index < -0.39 is 0 Å². The fourth-order valence-corrected chi connectivity index (χ4v) is 1.96. The van der Waals surface area contributed by atoms with Crippen LogP contribution in [0.15, 0.2) is 36.5 Å². The molecule has 0 aliphatic heterocycles. The number of rotatable bonds is 4. The van der Waals surface area contributed by atoms with E-state index >= 15 is 0 Å². The summed E-state index contributed by atoms with van der Waals surface area (Å²) in [4.78, 5) is 4.25. The van der Waals surface area contributed by atoms with Crippen molar-refractivity contribution < 1.29 is 4.74 Å². The van der Waals surface area contributed by atoms with Crippen LogP contribution in [-0.2, 0) is 0 Å². The van der Waals surface area contributed by atoms with Gasteiger partial charge in [0.25, 0.3) is 0 Å². The lowest BCUT2D eigenvalue weighted by atomic mass is 10.0. The van der Waals surface area contributed by atoms with Crippen LogP contribution in [0.3, 0.4) is 0 Å². The van der Waals surface area contributed by atoms with Crippen LogP contribution in [0, 0.1) is 6.92 Å². The number of hydrogen-bond acceptors (Lipinski definition) is 3. The number of benzene rings is 1. The average molecular weight is 270 g/mol. The Balaban J connectivity index is 2.29. The summed E-state index contributed by atoms with van der Waals surface area (Å²) in [5.41, 5.74) is 9.27. The first-order valence-electron chi connectivity index (χ1n) is 6.97. The van der Waals surface area contributed by atoms with Gasteiger partial charge in [-0.05, 0) is 48.6 Å².